The van der Waals surface area contributed by atoms with E-state index in [1.165, 1.54) is 18.2 Å². The predicted molar refractivity (Wildman–Crippen MR) is 106 cm³/mol. The largest absolute Gasteiger partial charge is 0.325 e. The number of rotatable bonds is 6. The van der Waals surface area contributed by atoms with Crippen molar-refractivity contribution in [2.75, 3.05) is 24.2 Å². The molecule has 0 aliphatic heterocycles. The van der Waals surface area contributed by atoms with Crippen LogP contribution >= 0.6 is 0 Å². The van der Waals surface area contributed by atoms with Gasteiger partial charge in [0.25, 0.3) is 0 Å². The van der Waals surface area contributed by atoms with Crippen LogP contribution in [-0.2, 0) is 9.59 Å². The van der Waals surface area contributed by atoms with E-state index in [9.17, 15) is 14.0 Å². The van der Waals surface area contributed by atoms with Crippen LogP contribution in [0.1, 0.15) is 23.6 Å². The van der Waals surface area contributed by atoms with Gasteiger partial charge in [0.2, 0.25) is 11.8 Å². The van der Waals surface area contributed by atoms with Crippen LogP contribution in [-0.4, -0.2) is 36.3 Å². The summed E-state index contributed by atoms with van der Waals surface area (Å²) in [5.74, 6) is -0.923. The maximum Gasteiger partial charge on any atom is 0.241 e. The molecule has 0 aromatic heterocycles. The summed E-state index contributed by atoms with van der Waals surface area (Å²) in [5, 5.41) is 5.58. The Morgan fingerprint density at radius 3 is 2.30 bits per heavy atom. The second-order valence-corrected chi connectivity index (χ2v) is 6.91. The fourth-order valence-electron chi connectivity index (χ4n) is 2.93. The van der Waals surface area contributed by atoms with E-state index in [1.807, 2.05) is 32.9 Å². The quantitative estimate of drug-likeness (QED) is 0.815. The Morgan fingerprint density at radius 2 is 1.70 bits per heavy atom. The molecule has 0 spiro atoms. The lowest BCUT2D eigenvalue weighted by atomic mass is 10.1. The summed E-state index contributed by atoms with van der Waals surface area (Å²) < 4.78 is 13.2. The number of aryl methyl sites for hydroxylation is 3. The summed E-state index contributed by atoms with van der Waals surface area (Å²) in [6.07, 6.45) is 0. The predicted octanol–water partition coefficient (Wildman–Crippen LogP) is 3.65. The average Bonchev–Trinajstić information content (AvgIpc) is 2.57. The molecule has 0 saturated carbocycles. The van der Waals surface area contributed by atoms with Gasteiger partial charge in [-0.3, -0.25) is 14.5 Å². The molecule has 27 heavy (non-hydrogen) atoms. The number of halogens is 1. The van der Waals surface area contributed by atoms with Gasteiger partial charge in [-0.05, 0) is 64.1 Å². The number of likely N-dealkylation sites (N-methyl/N-ethyl adjacent to an activating group) is 1. The number of hydrogen-bond acceptors (Lipinski definition) is 3. The highest BCUT2D eigenvalue weighted by Gasteiger charge is 2.21. The molecule has 0 saturated heterocycles. The van der Waals surface area contributed by atoms with Gasteiger partial charge in [-0.25, -0.2) is 4.39 Å². The van der Waals surface area contributed by atoms with Crippen molar-refractivity contribution >= 4 is 23.2 Å². The fourth-order valence-corrected chi connectivity index (χ4v) is 2.93. The fraction of sp³-hybridized carbons (Fsp3) is 0.333. The zero-order chi connectivity index (χ0) is 20.1. The molecule has 2 rings (SSSR count). The monoisotopic (exact) mass is 371 g/mol. The van der Waals surface area contributed by atoms with Crippen molar-refractivity contribution in [1.29, 1.82) is 0 Å². The molecule has 6 heteroatoms. The van der Waals surface area contributed by atoms with Crippen molar-refractivity contribution < 1.29 is 14.0 Å². The van der Waals surface area contributed by atoms with Crippen LogP contribution in [0.5, 0.6) is 0 Å². The third-order valence-corrected chi connectivity index (χ3v) is 4.47. The normalized spacial score (nSPS) is 12.0. The number of benzene rings is 2. The van der Waals surface area contributed by atoms with Crippen LogP contribution in [0.2, 0.25) is 0 Å². The van der Waals surface area contributed by atoms with Crippen molar-refractivity contribution in [3.8, 4) is 0 Å². The van der Waals surface area contributed by atoms with Crippen LogP contribution < -0.4 is 10.6 Å². The van der Waals surface area contributed by atoms with Gasteiger partial charge in [0, 0.05) is 11.4 Å². The zero-order valence-electron chi connectivity index (χ0n) is 16.4. The first kappa shape index (κ1) is 20.6. The Labute approximate surface area is 159 Å². The van der Waals surface area contributed by atoms with E-state index in [2.05, 4.69) is 10.6 Å². The SMILES string of the molecule is Cc1cc(C)c(NC(=O)CN(C)C(C)C(=O)Nc2cccc(F)c2)c(C)c1. The summed E-state index contributed by atoms with van der Waals surface area (Å²) in [5.41, 5.74) is 4.33. The molecule has 0 radical (unpaired) electrons. The Morgan fingerprint density at radius 1 is 1.07 bits per heavy atom. The number of nitrogens with zero attached hydrogens (tertiary/aromatic N) is 1. The van der Waals surface area contributed by atoms with Crippen molar-refractivity contribution in [3.63, 3.8) is 0 Å². The topological polar surface area (TPSA) is 61.4 Å². The Bertz CT molecular complexity index is 828. The van der Waals surface area contributed by atoms with Gasteiger partial charge < -0.3 is 10.6 Å². The number of nitrogens with one attached hydrogen (secondary N) is 2. The first-order chi connectivity index (χ1) is 12.7. The van der Waals surface area contributed by atoms with Crippen LogP contribution in [0.4, 0.5) is 15.8 Å². The van der Waals surface area contributed by atoms with Crippen molar-refractivity contribution in [3.05, 3.63) is 58.9 Å². The van der Waals surface area contributed by atoms with Crippen molar-refractivity contribution in [1.82, 2.24) is 4.90 Å². The minimum Gasteiger partial charge on any atom is -0.325 e. The molecule has 0 bridgehead atoms. The molecular formula is C21H26FN3O2. The lowest BCUT2D eigenvalue weighted by Gasteiger charge is -2.24. The minimum atomic E-state index is -0.556. The second kappa shape index (κ2) is 8.77. The van der Waals surface area contributed by atoms with Crippen LogP contribution in [0.3, 0.4) is 0 Å². The summed E-state index contributed by atoms with van der Waals surface area (Å²) in [6.45, 7) is 7.68. The molecular weight excluding hydrogens is 345 g/mol. The third-order valence-electron chi connectivity index (χ3n) is 4.47. The Balaban J connectivity index is 1.96. The number of carbonyl (C=O) groups is 2. The van der Waals surface area contributed by atoms with E-state index in [0.717, 1.165) is 22.4 Å². The molecule has 5 nitrogen and oxygen atoms in total. The van der Waals surface area contributed by atoms with Crippen LogP contribution in [0.15, 0.2) is 36.4 Å². The van der Waals surface area contributed by atoms with Gasteiger partial charge in [-0.2, -0.15) is 0 Å². The lowest BCUT2D eigenvalue weighted by molar-refractivity contribution is -0.122. The van der Waals surface area contributed by atoms with Crippen LogP contribution in [0, 0.1) is 26.6 Å². The molecule has 1 atom stereocenters. The highest BCUT2D eigenvalue weighted by atomic mass is 19.1. The van der Waals surface area contributed by atoms with E-state index in [1.54, 1.807) is 24.9 Å². The Hall–Kier alpha value is -2.73. The molecule has 2 aromatic rings. The number of anilines is 2. The highest BCUT2D eigenvalue weighted by molar-refractivity contribution is 5.96. The number of hydrogen-bond donors (Lipinski definition) is 2. The maximum atomic E-state index is 13.2. The molecule has 1 unspecified atom stereocenters. The van der Waals surface area contributed by atoms with Gasteiger partial charge in [-0.15, -0.1) is 0 Å². The van der Waals surface area contributed by atoms with Gasteiger partial charge >= 0.3 is 0 Å². The summed E-state index contributed by atoms with van der Waals surface area (Å²) in [4.78, 5) is 26.4. The summed E-state index contributed by atoms with van der Waals surface area (Å²) >= 11 is 0. The smallest absolute Gasteiger partial charge is 0.241 e. The van der Waals surface area contributed by atoms with E-state index < -0.39 is 11.9 Å². The van der Waals surface area contributed by atoms with E-state index in [4.69, 9.17) is 0 Å². The van der Waals surface area contributed by atoms with Gasteiger partial charge in [-0.1, -0.05) is 23.8 Å². The van der Waals surface area contributed by atoms with Gasteiger partial charge in [0.05, 0.1) is 12.6 Å². The maximum absolute atomic E-state index is 13.2. The summed E-state index contributed by atoms with van der Waals surface area (Å²) in [6, 6.07) is 9.18. The molecule has 0 aliphatic rings. The van der Waals surface area contributed by atoms with Crippen molar-refractivity contribution in [2.45, 2.75) is 33.7 Å². The number of amides is 2. The standard InChI is InChI=1S/C21H26FN3O2/c1-13-9-14(2)20(15(3)10-13)24-19(26)12-25(5)16(4)21(27)23-18-8-6-7-17(22)11-18/h6-11,16H,12H2,1-5H3,(H,23,27)(H,24,26). The molecule has 144 valence electrons. The molecule has 2 amide bonds. The van der Waals surface area contributed by atoms with E-state index in [0.29, 0.717) is 5.69 Å². The minimum absolute atomic E-state index is 0.0600. The highest BCUT2D eigenvalue weighted by Crippen LogP contribution is 2.21. The average molecular weight is 371 g/mol. The molecule has 0 aliphatic carbocycles. The van der Waals surface area contributed by atoms with Gasteiger partial charge in [0.1, 0.15) is 5.82 Å². The van der Waals surface area contributed by atoms with E-state index >= 15 is 0 Å². The van der Waals surface area contributed by atoms with Crippen LogP contribution in [0.25, 0.3) is 0 Å². The second-order valence-electron chi connectivity index (χ2n) is 6.91. The number of carbonyl (C=O) groups excluding carboxylic acids is 2. The molecule has 0 heterocycles. The molecule has 0 fully saturated rings. The first-order valence-corrected chi connectivity index (χ1v) is 8.81. The third kappa shape index (κ3) is 5.62. The van der Waals surface area contributed by atoms with Crippen molar-refractivity contribution in [2.24, 2.45) is 0 Å². The zero-order valence-corrected chi connectivity index (χ0v) is 16.4. The molecule has 2 aromatic carbocycles. The Kier molecular flexibility index (Phi) is 6.69. The summed E-state index contributed by atoms with van der Waals surface area (Å²) in [7, 11) is 1.70. The first-order valence-electron chi connectivity index (χ1n) is 8.81. The van der Waals surface area contributed by atoms with E-state index in [-0.39, 0.29) is 18.4 Å². The lowest BCUT2D eigenvalue weighted by Crippen LogP contribution is -2.43. The molecule has 2 N–H and O–H groups in total. The van der Waals surface area contributed by atoms with Gasteiger partial charge in [0.15, 0.2) is 0 Å².